The average molecular weight is 388 g/mol. The Labute approximate surface area is 167 Å². The highest BCUT2D eigenvalue weighted by molar-refractivity contribution is 6.12. The lowest BCUT2D eigenvalue weighted by Gasteiger charge is -2.11. The molecule has 0 unspecified atom stereocenters. The molecule has 1 saturated carbocycles. The van der Waals surface area contributed by atoms with E-state index >= 15 is 0 Å². The molecule has 0 atom stereocenters. The Balaban J connectivity index is 1.52. The maximum Gasteiger partial charge on any atom is 0.256 e. The molecule has 0 radical (unpaired) electrons. The van der Waals surface area contributed by atoms with E-state index in [0.29, 0.717) is 23.1 Å². The number of aromatic nitrogens is 5. The molecule has 146 valence electrons. The van der Waals surface area contributed by atoms with E-state index in [-0.39, 0.29) is 11.9 Å². The van der Waals surface area contributed by atoms with Crippen molar-refractivity contribution in [2.75, 3.05) is 5.32 Å². The van der Waals surface area contributed by atoms with E-state index in [1.807, 2.05) is 35.0 Å². The molecule has 8 heteroatoms. The topological polar surface area (TPSA) is 98.7 Å². The summed E-state index contributed by atoms with van der Waals surface area (Å²) < 4.78 is 7.11. The number of hydrogen-bond acceptors (Lipinski definition) is 6. The van der Waals surface area contributed by atoms with Gasteiger partial charge >= 0.3 is 0 Å². The number of nitrogens with zero attached hydrogens (tertiary/aromatic N) is 5. The van der Waals surface area contributed by atoms with Crippen molar-refractivity contribution in [3.63, 3.8) is 0 Å². The number of nitrogens with one attached hydrogen (secondary N) is 1. The third kappa shape index (κ3) is 3.26. The van der Waals surface area contributed by atoms with Crippen LogP contribution in [0.25, 0.3) is 22.5 Å². The first-order valence-corrected chi connectivity index (χ1v) is 9.66. The van der Waals surface area contributed by atoms with Gasteiger partial charge in [-0.3, -0.25) is 4.79 Å². The summed E-state index contributed by atoms with van der Waals surface area (Å²) in [7, 11) is 0. The van der Waals surface area contributed by atoms with Gasteiger partial charge in [-0.05, 0) is 51.0 Å². The number of fused-ring (bicyclic) bond motifs is 1. The van der Waals surface area contributed by atoms with E-state index in [2.05, 4.69) is 34.5 Å². The summed E-state index contributed by atoms with van der Waals surface area (Å²) in [5.41, 5.74) is 3.71. The second-order valence-electron chi connectivity index (χ2n) is 7.57. The van der Waals surface area contributed by atoms with Crippen molar-refractivity contribution in [1.29, 1.82) is 0 Å². The first kappa shape index (κ1) is 17.5. The van der Waals surface area contributed by atoms with Crippen LogP contribution in [0.4, 0.5) is 5.69 Å². The minimum atomic E-state index is -0.190. The molecule has 1 fully saturated rings. The van der Waals surface area contributed by atoms with Crippen molar-refractivity contribution in [2.24, 2.45) is 0 Å². The Morgan fingerprint density at radius 1 is 1.28 bits per heavy atom. The second kappa shape index (κ2) is 6.80. The standard InChI is InChI=1S/C21H20N6O2/c1-12(2)27-19-17(10-23-27)16(9-18(25-19)13-6-7-13)20(28)24-15-5-3-4-14(8-15)21-26-22-11-29-21/h3-5,8-13H,6-7H2,1-2H3,(H,24,28). The fourth-order valence-corrected chi connectivity index (χ4v) is 3.42. The van der Waals surface area contributed by atoms with Crippen LogP contribution in [0.15, 0.2) is 47.3 Å². The van der Waals surface area contributed by atoms with Gasteiger partial charge in [-0.25, -0.2) is 9.67 Å². The lowest BCUT2D eigenvalue weighted by atomic mass is 10.1. The summed E-state index contributed by atoms with van der Waals surface area (Å²) in [6, 6.07) is 9.40. The lowest BCUT2D eigenvalue weighted by molar-refractivity contribution is 0.102. The summed E-state index contributed by atoms with van der Waals surface area (Å²) in [4.78, 5) is 18.0. The Kier molecular flexibility index (Phi) is 4.12. The molecule has 3 aromatic heterocycles. The number of anilines is 1. The zero-order valence-electron chi connectivity index (χ0n) is 16.2. The molecular formula is C21H20N6O2. The minimum absolute atomic E-state index is 0.163. The van der Waals surface area contributed by atoms with Crippen molar-refractivity contribution in [2.45, 2.75) is 38.6 Å². The Morgan fingerprint density at radius 3 is 2.86 bits per heavy atom. The van der Waals surface area contributed by atoms with Crippen LogP contribution >= 0.6 is 0 Å². The van der Waals surface area contributed by atoms with E-state index in [1.165, 1.54) is 6.39 Å². The molecule has 29 heavy (non-hydrogen) atoms. The molecule has 1 aliphatic rings. The number of benzene rings is 1. The largest absolute Gasteiger partial charge is 0.423 e. The summed E-state index contributed by atoms with van der Waals surface area (Å²) in [6.45, 7) is 4.11. The van der Waals surface area contributed by atoms with Crippen molar-refractivity contribution >= 4 is 22.6 Å². The van der Waals surface area contributed by atoms with Crippen molar-refractivity contribution < 1.29 is 9.21 Å². The molecular weight excluding hydrogens is 368 g/mol. The van der Waals surface area contributed by atoms with E-state index in [0.717, 1.165) is 35.1 Å². The zero-order chi connectivity index (χ0) is 20.0. The van der Waals surface area contributed by atoms with E-state index in [4.69, 9.17) is 9.40 Å². The molecule has 0 saturated heterocycles. The van der Waals surface area contributed by atoms with Gasteiger partial charge in [-0.15, -0.1) is 10.2 Å². The quantitative estimate of drug-likeness (QED) is 0.550. The van der Waals surface area contributed by atoms with Gasteiger partial charge in [0.2, 0.25) is 12.3 Å². The molecule has 0 bridgehead atoms. The van der Waals surface area contributed by atoms with Crippen LogP contribution in [0.2, 0.25) is 0 Å². The molecule has 1 aromatic carbocycles. The van der Waals surface area contributed by atoms with E-state index in [1.54, 1.807) is 6.20 Å². The molecule has 4 aromatic rings. The predicted molar refractivity (Wildman–Crippen MR) is 108 cm³/mol. The summed E-state index contributed by atoms with van der Waals surface area (Å²) in [5.74, 6) is 0.647. The highest BCUT2D eigenvalue weighted by Gasteiger charge is 2.28. The number of carbonyl (C=O) groups is 1. The van der Waals surface area contributed by atoms with E-state index in [9.17, 15) is 4.79 Å². The van der Waals surface area contributed by atoms with Gasteiger partial charge < -0.3 is 9.73 Å². The van der Waals surface area contributed by atoms with Crippen molar-refractivity contribution in [3.8, 4) is 11.5 Å². The van der Waals surface area contributed by atoms with Crippen LogP contribution in [0.3, 0.4) is 0 Å². The first-order chi connectivity index (χ1) is 14.1. The zero-order valence-corrected chi connectivity index (χ0v) is 16.2. The highest BCUT2D eigenvalue weighted by atomic mass is 16.4. The fourth-order valence-electron chi connectivity index (χ4n) is 3.42. The number of carbonyl (C=O) groups excluding carboxylic acids is 1. The maximum atomic E-state index is 13.2. The van der Waals surface area contributed by atoms with Gasteiger partial charge in [0.25, 0.3) is 5.91 Å². The Morgan fingerprint density at radius 2 is 2.14 bits per heavy atom. The fraction of sp³-hybridized carbons (Fsp3) is 0.286. The highest BCUT2D eigenvalue weighted by Crippen LogP contribution is 2.40. The van der Waals surface area contributed by atoms with Crippen LogP contribution in [0.1, 0.15) is 54.7 Å². The Hall–Kier alpha value is -3.55. The SMILES string of the molecule is CC(C)n1ncc2c(C(=O)Nc3cccc(-c4nnco4)c3)cc(C3CC3)nc21. The summed E-state index contributed by atoms with van der Waals surface area (Å²) in [6.07, 6.45) is 5.23. The molecule has 0 spiro atoms. The van der Waals surface area contributed by atoms with Gasteiger partial charge in [0.1, 0.15) is 0 Å². The minimum Gasteiger partial charge on any atom is -0.423 e. The van der Waals surface area contributed by atoms with Crippen LogP contribution in [-0.2, 0) is 0 Å². The van der Waals surface area contributed by atoms with Crippen molar-refractivity contribution in [1.82, 2.24) is 25.0 Å². The van der Waals surface area contributed by atoms with Gasteiger partial charge in [-0.1, -0.05) is 6.07 Å². The van der Waals surface area contributed by atoms with Gasteiger partial charge in [0.15, 0.2) is 5.65 Å². The third-order valence-corrected chi connectivity index (χ3v) is 5.04. The molecule has 5 rings (SSSR count). The van der Waals surface area contributed by atoms with Crippen LogP contribution in [0.5, 0.6) is 0 Å². The number of rotatable bonds is 5. The van der Waals surface area contributed by atoms with Crippen LogP contribution < -0.4 is 5.32 Å². The van der Waals surface area contributed by atoms with Crippen LogP contribution in [-0.4, -0.2) is 30.9 Å². The number of pyridine rings is 1. The summed E-state index contributed by atoms with van der Waals surface area (Å²) in [5, 5.41) is 15.8. The molecule has 1 N–H and O–H groups in total. The van der Waals surface area contributed by atoms with Gasteiger partial charge in [-0.2, -0.15) is 5.10 Å². The Bertz CT molecular complexity index is 1190. The van der Waals surface area contributed by atoms with E-state index < -0.39 is 0 Å². The second-order valence-corrected chi connectivity index (χ2v) is 7.57. The first-order valence-electron chi connectivity index (χ1n) is 9.66. The monoisotopic (exact) mass is 388 g/mol. The third-order valence-electron chi connectivity index (χ3n) is 5.04. The average Bonchev–Trinajstić information content (AvgIpc) is 3.24. The molecule has 8 nitrogen and oxygen atoms in total. The predicted octanol–water partition coefficient (Wildman–Crippen LogP) is 4.19. The molecule has 1 aliphatic carbocycles. The molecule has 3 heterocycles. The lowest BCUT2D eigenvalue weighted by Crippen LogP contribution is -2.14. The normalized spacial score (nSPS) is 13.9. The van der Waals surface area contributed by atoms with Crippen molar-refractivity contribution in [3.05, 3.63) is 54.2 Å². The smallest absolute Gasteiger partial charge is 0.256 e. The van der Waals surface area contributed by atoms with Gasteiger partial charge in [0, 0.05) is 28.9 Å². The molecule has 1 amide bonds. The van der Waals surface area contributed by atoms with Crippen LogP contribution in [0, 0.1) is 0 Å². The number of amides is 1. The summed E-state index contributed by atoms with van der Waals surface area (Å²) >= 11 is 0. The maximum absolute atomic E-state index is 13.2. The number of hydrogen-bond donors (Lipinski definition) is 1. The van der Waals surface area contributed by atoms with Gasteiger partial charge in [0.05, 0.1) is 17.1 Å². The molecule has 0 aliphatic heterocycles.